The summed E-state index contributed by atoms with van der Waals surface area (Å²) in [7, 11) is 0. The maximum absolute atomic E-state index is 13.9. The van der Waals surface area contributed by atoms with E-state index in [0.29, 0.717) is 38.3 Å². The highest BCUT2D eigenvalue weighted by Gasteiger charge is 2.54. The number of para-hydroxylation sites is 2. The first-order chi connectivity index (χ1) is 17.6. The van der Waals surface area contributed by atoms with Gasteiger partial charge in [0.2, 0.25) is 5.91 Å². The average Bonchev–Trinajstić information content (AvgIpc) is 3.19. The van der Waals surface area contributed by atoms with Crippen molar-refractivity contribution in [3.63, 3.8) is 0 Å². The maximum Gasteiger partial charge on any atom is 0.260 e. The first-order valence-electron chi connectivity index (χ1n) is 12.9. The van der Waals surface area contributed by atoms with Crippen LogP contribution in [0.3, 0.4) is 0 Å². The molecule has 0 atom stereocenters. The Kier molecular flexibility index (Phi) is 7.11. The van der Waals surface area contributed by atoms with E-state index < -0.39 is 5.54 Å². The molecule has 0 saturated carbocycles. The molecule has 3 fully saturated rings. The minimum absolute atomic E-state index is 0.00986. The molecule has 2 aromatic carbocycles. The molecule has 2 aromatic rings. The molecule has 0 bridgehead atoms. The predicted octanol–water partition coefficient (Wildman–Crippen LogP) is 2.75. The van der Waals surface area contributed by atoms with Crippen LogP contribution in [-0.2, 0) is 14.4 Å². The van der Waals surface area contributed by atoms with Crippen molar-refractivity contribution in [3.8, 4) is 5.75 Å². The molecular weight excluding hydrogens is 456 g/mol. The SMILES string of the molecule is O=C(COc1ccccc1)N1CCC2(CC1)C(=O)N(CC(=O)N1CCCCC1)CN2c1ccccc1. The number of piperidine rings is 2. The molecule has 1 spiro atoms. The molecule has 36 heavy (non-hydrogen) atoms. The summed E-state index contributed by atoms with van der Waals surface area (Å²) < 4.78 is 5.65. The molecule has 5 rings (SSSR count). The quantitative estimate of drug-likeness (QED) is 0.623. The third-order valence-electron chi connectivity index (χ3n) is 7.67. The largest absolute Gasteiger partial charge is 0.484 e. The van der Waals surface area contributed by atoms with Crippen molar-refractivity contribution in [2.75, 3.05) is 50.9 Å². The second-order valence-electron chi connectivity index (χ2n) is 9.86. The zero-order chi connectivity index (χ0) is 25.0. The van der Waals surface area contributed by atoms with Crippen molar-refractivity contribution in [2.24, 2.45) is 0 Å². The lowest BCUT2D eigenvalue weighted by molar-refractivity contribution is -0.142. The fourth-order valence-electron chi connectivity index (χ4n) is 5.61. The second kappa shape index (κ2) is 10.6. The van der Waals surface area contributed by atoms with Crippen LogP contribution in [0.2, 0.25) is 0 Å². The van der Waals surface area contributed by atoms with Gasteiger partial charge in [0.05, 0.1) is 6.67 Å². The van der Waals surface area contributed by atoms with E-state index in [-0.39, 0.29) is 30.9 Å². The number of carbonyl (C=O) groups excluding carboxylic acids is 3. The van der Waals surface area contributed by atoms with Gasteiger partial charge in [-0.05, 0) is 56.4 Å². The first kappa shape index (κ1) is 24.2. The maximum atomic E-state index is 13.9. The molecule has 3 saturated heterocycles. The number of hydrogen-bond donors (Lipinski definition) is 0. The van der Waals surface area contributed by atoms with Crippen molar-refractivity contribution in [2.45, 2.75) is 37.6 Å². The van der Waals surface area contributed by atoms with Gasteiger partial charge in [-0.25, -0.2) is 0 Å². The molecule has 8 heteroatoms. The Bertz CT molecular complexity index is 1060. The van der Waals surface area contributed by atoms with Crippen molar-refractivity contribution in [1.82, 2.24) is 14.7 Å². The van der Waals surface area contributed by atoms with Crippen molar-refractivity contribution < 1.29 is 19.1 Å². The highest BCUT2D eigenvalue weighted by molar-refractivity contribution is 5.96. The summed E-state index contributed by atoms with van der Waals surface area (Å²) in [6, 6.07) is 19.2. The number of benzene rings is 2. The van der Waals surface area contributed by atoms with Gasteiger partial charge in [0.25, 0.3) is 11.8 Å². The van der Waals surface area contributed by atoms with Crippen molar-refractivity contribution in [3.05, 3.63) is 60.7 Å². The normalized spacial score (nSPS) is 19.6. The first-order valence-corrected chi connectivity index (χ1v) is 12.9. The lowest BCUT2D eigenvalue weighted by atomic mass is 9.85. The molecule has 3 heterocycles. The van der Waals surface area contributed by atoms with Gasteiger partial charge in [-0.1, -0.05) is 36.4 Å². The van der Waals surface area contributed by atoms with Crippen molar-refractivity contribution in [1.29, 1.82) is 0 Å². The van der Waals surface area contributed by atoms with E-state index in [1.54, 1.807) is 9.80 Å². The molecule has 0 aliphatic carbocycles. The minimum Gasteiger partial charge on any atom is -0.484 e. The van der Waals surface area contributed by atoms with Crippen molar-refractivity contribution >= 4 is 23.4 Å². The Morgan fingerprint density at radius 1 is 0.778 bits per heavy atom. The highest BCUT2D eigenvalue weighted by Crippen LogP contribution is 2.39. The highest BCUT2D eigenvalue weighted by atomic mass is 16.5. The number of amides is 3. The van der Waals surface area contributed by atoms with Gasteiger partial charge in [-0.2, -0.15) is 0 Å². The van der Waals surface area contributed by atoms with E-state index in [2.05, 4.69) is 4.90 Å². The van der Waals surface area contributed by atoms with Crippen LogP contribution in [0, 0.1) is 0 Å². The van der Waals surface area contributed by atoms with E-state index in [9.17, 15) is 14.4 Å². The van der Waals surface area contributed by atoms with Gasteiger partial charge < -0.3 is 24.3 Å². The van der Waals surface area contributed by atoms with E-state index in [1.165, 1.54) is 0 Å². The molecule has 3 amide bonds. The van der Waals surface area contributed by atoms with Crippen LogP contribution in [0.15, 0.2) is 60.7 Å². The van der Waals surface area contributed by atoms with E-state index >= 15 is 0 Å². The summed E-state index contributed by atoms with van der Waals surface area (Å²) in [5, 5.41) is 0. The summed E-state index contributed by atoms with van der Waals surface area (Å²) in [4.78, 5) is 47.2. The van der Waals surface area contributed by atoms with E-state index in [0.717, 1.165) is 38.0 Å². The number of likely N-dealkylation sites (tertiary alicyclic amines) is 2. The van der Waals surface area contributed by atoms with Crippen LogP contribution in [-0.4, -0.2) is 84.0 Å². The van der Waals surface area contributed by atoms with Gasteiger partial charge in [-0.15, -0.1) is 0 Å². The van der Waals surface area contributed by atoms with Crippen LogP contribution in [0.1, 0.15) is 32.1 Å². The molecule has 0 unspecified atom stereocenters. The molecule has 0 N–H and O–H groups in total. The number of nitrogens with zero attached hydrogens (tertiary/aromatic N) is 4. The Hall–Kier alpha value is -3.55. The van der Waals surface area contributed by atoms with E-state index in [1.807, 2.05) is 65.6 Å². The zero-order valence-corrected chi connectivity index (χ0v) is 20.7. The smallest absolute Gasteiger partial charge is 0.260 e. The minimum atomic E-state index is -0.749. The lowest BCUT2D eigenvalue weighted by Crippen LogP contribution is -2.58. The fraction of sp³-hybridized carbons (Fsp3) is 0.464. The fourth-order valence-corrected chi connectivity index (χ4v) is 5.61. The van der Waals surface area contributed by atoms with Gasteiger partial charge in [0.1, 0.15) is 17.8 Å². The number of carbonyl (C=O) groups is 3. The molecule has 0 radical (unpaired) electrons. The second-order valence-corrected chi connectivity index (χ2v) is 9.86. The summed E-state index contributed by atoms with van der Waals surface area (Å²) in [5.41, 5.74) is 0.214. The van der Waals surface area contributed by atoms with Crippen LogP contribution in [0.25, 0.3) is 0 Å². The molecule has 8 nitrogen and oxygen atoms in total. The molecule has 0 aromatic heterocycles. The molecule has 190 valence electrons. The number of rotatable bonds is 6. The van der Waals surface area contributed by atoms with Crippen LogP contribution in [0.5, 0.6) is 5.75 Å². The Labute approximate surface area is 212 Å². The number of anilines is 1. The standard InChI is InChI=1S/C28H34N4O4/c33-25(29-16-8-3-9-17-29)20-31-22-32(23-10-4-1-5-11-23)28(27(31)35)14-18-30(19-15-28)26(34)21-36-24-12-6-2-7-13-24/h1-2,4-7,10-13H,3,8-9,14-22H2. The molecular formula is C28H34N4O4. The third kappa shape index (κ3) is 4.90. The average molecular weight is 491 g/mol. The monoisotopic (exact) mass is 490 g/mol. The van der Waals surface area contributed by atoms with Gasteiger partial charge in [0, 0.05) is 31.9 Å². The van der Waals surface area contributed by atoms with Crippen LogP contribution < -0.4 is 9.64 Å². The topological polar surface area (TPSA) is 73.4 Å². The summed E-state index contributed by atoms with van der Waals surface area (Å²) >= 11 is 0. The van der Waals surface area contributed by atoms with E-state index in [4.69, 9.17) is 4.74 Å². The summed E-state index contributed by atoms with van der Waals surface area (Å²) in [6.45, 7) is 2.96. The van der Waals surface area contributed by atoms with Gasteiger partial charge >= 0.3 is 0 Å². The number of ether oxygens (including phenoxy) is 1. The Morgan fingerprint density at radius 3 is 2.06 bits per heavy atom. The van der Waals surface area contributed by atoms with Gasteiger partial charge in [-0.3, -0.25) is 14.4 Å². The van der Waals surface area contributed by atoms with Gasteiger partial charge in [0.15, 0.2) is 6.61 Å². The summed E-state index contributed by atoms with van der Waals surface area (Å²) in [5.74, 6) is 0.597. The Morgan fingerprint density at radius 2 is 1.39 bits per heavy atom. The molecule has 3 aliphatic rings. The molecule has 3 aliphatic heterocycles. The van der Waals surface area contributed by atoms with Crippen LogP contribution >= 0.6 is 0 Å². The Balaban J connectivity index is 1.27. The number of hydrogen-bond acceptors (Lipinski definition) is 5. The van der Waals surface area contributed by atoms with Crippen LogP contribution in [0.4, 0.5) is 5.69 Å². The predicted molar refractivity (Wildman–Crippen MR) is 136 cm³/mol. The third-order valence-corrected chi connectivity index (χ3v) is 7.67. The summed E-state index contributed by atoms with van der Waals surface area (Å²) in [6.07, 6.45) is 4.25. The zero-order valence-electron chi connectivity index (χ0n) is 20.7. The lowest BCUT2D eigenvalue weighted by Gasteiger charge is -2.43.